The van der Waals surface area contributed by atoms with Crippen molar-refractivity contribution < 1.29 is 9.47 Å². The van der Waals surface area contributed by atoms with E-state index >= 15 is 0 Å². The van der Waals surface area contributed by atoms with Crippen molar-refractivity contribution in [3.8, 4) is 11.5 Å². The number of benzene rings is 1. The van der Waals surface area contributed by atoms with E-state index in [1.54, 1.807) is 6.20 Å². The maximum Gasteiger partial charge on any atom is 0.198 e. The molecule has 0 atom stereocenters. The Kier molecular flexibility index (Phi) is 3.08. The van der Waals surface area contributed by atoms with E-state index in [9.17, 15) is 0 Å². The van der Waals surface area contributed by atoms with E-state index in [0.717, 1.165) is 22.6 Å². The molecule has 19 heavy (non-hydrogen) atoms. The fourth-order valence-electron chi connectivity index (χ4n) is 1.99. The number of aromatic amines is 1. The third-order valence-corrected chi connectivity index (χ3v) is 3.13. The number of hydrogen-bond donors (Lipinski definition) is 2. The highest BCUT2D eigenvalue weighted by molar-refractivity contribution is 7.71. The largest absolute Gasteiger partial charge is 0.486 e. The molecule has 5 nitrogen and oxygen atoms in total. The van der Waals surface area contributed by atoms with Crippen LogP contribution in [0.25, 0.3) is 0 Å². The first-order valence-corrected chi connectivity index (χ1v) is 6.35. The summed E-state index contributed by atoms with van der Waals surface area (Å²) in [5.74, 6) is 2.11. The highest BCUT2D eigenvalue weighted by atomic mass is 32.1. The minimum Gasteiger partial charge on any atom is -0.486 e. The van der Waals surface area contributed by atoms with E-state index < -0.39 is 0 Å². The SMILES string of the molecule is Nc1[nH]c(=S)ncc1Cc1ccc2c(c1)OCCO2. The van der Waals surface area contributed by atoms with Crippen molar-refractivity contribution in [2.75, 3.05) is 18.9 Å². The number of anilines is 1. The maximum atomic E-state index is 5.89. The average Bonchev–Trinajstić information content (AvgIpc) is 2.42. The molecule has 6 heteroatoms. The number of nitrogens with zero attached hydrogens (tertiary/aromatic N) is 1. The van der Waals surface area contributed by atoms with Gasteiger partial charge < -0.3 is 20.2 Å². The van der Waals surface area contributed by atoms with Crippen LogP contribution in [0, 0.1) is 4.77 Å². The fraction of sp³-hybridized carbons (Fsp3) is 0.231. The van der Waals surface area contributed by atoms with Gasteiger partial charge in [0.15, 0.2) is 16.3 Å². The first-order chi connectivity index (χ1) is 9.22. The molecule has 2 heterocycles. The molecule has 0 saturated carbocycles. The molecule has 0 unspecified atom stereocenters. The molecule has 2 aromatic rings. The Morgan fingerprint density at radius 2 is 2.05 bits per heavy atom. The predicted molar refractivity (Wildman–Crippen MR) is 74.1 cm³/mol. The van der Waals surface area contributed by atoms with Gasteiger partial charge in [-0.3, -0.25) is 0 Å². The minimum atomic E-state index is 0.392. The smallest absolute Gasteiger partial charge is 0.198 e. The van der Waals surface area contributed by atoms with E-state index in [-0.39, 0.29) is 0 Å². The summed E-state index contributed by atoms with van der Waals surface area (Å²) in [4.78, 5) is 6.89. The molecular weight excluding hydrogens is 262 g/mol. The lowest BCUT2D eigenvalue weighted by atomic mass is 10.1. The van der Waals surface area contributed by atoms with Gasteiger partial charge in [0.25, 0.3) is 0 Å². The zero-order valence-electron chi connectivity index (χ0n) is 10.2. The van der Waals surface area contributed by atoms with E-state index in [1.807, 2.05) is 18.2 Å². The average molecular weight is 275 g/mol. The third-order valence-electron chi connectivity index (χ3n) is 2.93. The molecule has 1 aromatic heterocycles. The summed E-state index contributed by atoms with van der Waals surface area (Å²) in [5.41, 5.74) is 7.88. The van der Waals surface area contributed by atoms with E-state index in [2.05, 4.69) is 9.97 Å². The topological polar surface area (TPSA) is 73.2 Å². The van der Waals surface area contributed by atoms with Gasteiger partial charge in [-0.2, -0.15) is 0 Å². The lowest BCUT2D eigenvalue weighted by molar-refractivity contribution is 0.171. The predicted octanol–water partition coefficient (Wildman–Crippen LogP) is 2.08. The number of rotatable bonds is 2. The van der Waals surface area contributed by atoms with Crippen molar-refractivity contribution in [1.29, 1.82) is 0 Å². The van der Waals surface area contributed by atoms with Crippen molar-refractivity contribution >= 4 is 18.0 Å². The molecule has 1 aliphatic rings. The number of nitrogens with one attached hydrogen (secondary N) is 1. The van der Waals surface area contributed by atoms with E-state index in [1.165, 1.54) is 0 Å². The number of hydrogen-bond acceptors (Lipinski definition) is 5. The monoisotopic (exact) mass is 275 g/mol. The van der Waals surface area contributed by atoms with Gasteiger partial charge in [-0.1, -0.05) is 6.07 Å². The zero-order chi connectivity index (χ0) is 13.2. The fourth-order valence-corrected chi connectivity index (χ4v) is 2.16. The molecule has 0 bridgehead atoms. The molecule has 0 amide bonds. The summed E-state index contributed by atoms with van der Waals surface area (Å²) in [7, 11) is 0. The summed E-state index contributed by atoms with van der Waals surface area (Å²) in [6.45, 7) is 1.18. The second-order valence-corrected chi connectivity index (χ2v) is 4.67. The van der Waals surface area contributed by atoms with Gasteiger partial charge in [0, 0.05) is 18.2 Å². The Balaban J connectivity index is 1.88. The van der Waals surface area contributed by atoms with Gasteiger partial charge in [-0.15, -0.1) is 0 Å². The molecule has 1 aliphatic heterocycles. The van der Waals surface area contributed by atoms with Crippen molar-refractivity contribution in [2.24, 2.45) is 0 Å². The minimum absolute atomic E-state index is 0.392. The Bertz CT molecular complexity index is 669. The van der Waals surface area contributed by atoms with Crippen LogP contribution in [0.4, 0.5) is 5.82 Å². The van der Waals surface area contributed by atoms with Crippen LogP contribution in [0.3, 0.4) is 0 Å². The number of H-pyrrole nitrogens is 1. The van der Waals surface area contributed by atoms with Crippen molar-refractivity contribution in [3.05, 3.63) is 40.3 Å². The standard InChI is InChI=1S/C13H13N3O2S/c14-12-9(7-15-13(19)16-12)5-8-1-2-10-11(6-8)18-4-3-17-10/h1-2,6-7H,3-5H2,(H3,14,15,16,19). The van der Waals surface area contributed by atoms with Crippen molar-refractivity contribution in [1.82, 2.24) is 9.97 Å². The van der Waals surface area contributed by atoms with Crippen LogP contribution in [-0.4, -0.2) is 23.2 Å². The van der Waals surface area contributed by atoms with Gasteiger partial charge in [0.2, 0.25) is 0 Å². The quantitative estimate of drug-likeness (QED) is 0.821. The normalized spacial score (nSPS) is 13.3. The van der Waals surface area contributed by atoms with Gasteiger partial charge in [0.05, 0.1) is 0 Å². The zero-order valence-corrected chi connectivity index (χ0v) is 11.0. The first-order valence-electron chi connectivity index (χ1n) is 5.94. The van der Waals surface area contributed by atoms with Gasteiger partial charge >= 0.3 is 0 Å². The first kappa shape index (κ1) is 12.0. The van der Waals surface area contributed by atoms with E-state index in [0.29, 0.717) is 30.2 Å². The molecule has 0 spiro atoms. The number of nitrogens with two attached hydrogens (primary N) is 1. The van der Waals surface area contributed by atoms with Crippen LogP contribution in [0.15, 0.2) is 24.4 Å². The van der Waals surface area contributed by atoms with Crippen LogP contribution in [0.5, 0.6) is 11.5 Å². The summed E-state index contributed by atoms with van der Waals surface area (Å²) < 4.78 is 11.4. The van der Waals surface area contributed by atoms with Crippen LogP contribution in [-0.2, 0) is 6.42 Å². The molecule has 3 rings (SSSR count). The van der Waals surface area contributed by atoms with Crippen LogP contribution in [0.1, 0.15) is 11.1 Å². The summed E-state index contributed by atoms with van der Waals surface area (Å²) in [6, 6.07) is 5.88. The lowest BCUT2D eigenvalue weighted by Gasteiger charge is -2.19. The second-order valence-electron chi connectivity index (χ2n) is 4.28. The molecule has 98 valence electrons. The molecule has 0 fully saturated rings. The highest BCUT2D eigenvalue weighted by Crippen LogP contribution is 2.31. The van der Waals surface area contributed by atoms with Gasteiger partial charge in [-0.25, -0.2) is 4.98 Å². The van der Waals surface area contributed by atoms with Gasteiger partial charge in [-0.05, 0) is 29.9 Å². The Morgan fingerprint density at radius 1 is 1.26 bits per heavy atom. The number of nitrogen functional groups attached to an aromatic ring is 1. The number of fused-ring (bicyclic) bond motifs is 1. The number of ether oxygens (including phenoxy) is 2. The third kappa shape index (κ3) is 2.53. The molecule has 0 radical (unpaired) electrons. The summed E-state index contributed by atoms with van der Waals surface area (Å²) >= 11 is 4.92. The Morgan fingerprint density at radius 3 is 2.84 bits per heavy atom. The summed E-state index contributed by atoms with van der Waals surface area (Å²) in [6.07, 6.45) is 2.37. The summed E-state index contributed by atoms with van der Waals surface area (Å²) in [5, 5.41) is 0. The molecule has 3 N–H and O–H groups in total. The van der Waals surface area contributed by atoms with Gasteiger partial charge in [0.1, 0.15) is 19.0 Å². The van der Waals surface area contributed by atoms with Crippen LogP contribution >= 0.6 is 12.2 Å². The second kappa shape index (κ2) is 4.89. The highest BCUT2D eigenvalue weighted by Gasteiger charge is 2.12. The molecule has 0 saturated heterocycles. The Hall–Kier alpha value is -2.08. The van der Waals surface area contributed by atoms with Crippen LogP contribution in [0.2, 0.25) is 0 Å². The molecule has 0 aliphatic carbocycles. The molecule has 1 aromatic carbocycles. The van der Waals surface area contributed by atoms with Crippen molar-refractivity contribution in [2.45, 2.75) is 6.42 Å². The maximum absolute atomic E-state index is 5.89. The lowest BCUT2D eigenvalue weighted by Crippen LogP contribution is -2.15. The number of aromatic nitrogens is 2. The van der Waals surface area contributed by atoms with Crippen molar-refractivity contribution in [3.63, 3.8) is 0 Å². The van der Waals surface area contributed by atoms with E-state index in [4.69, 9.17) is 27.4 Å². The Labute approximate surface area is 115 Å². The molecular formula is C13H13N3O2S. The van der Waals surface area contributed by atoms with Crippen LogP contribution < -0.4 is 15.2 Å².